The number of hydrogen-bond acceptors (Lipinski definition) is 4. The van der Waals surface area contributed by atoms with E-state index in [-0.39, 0.29) is 24.9 Å². The van der Waals surface area contributed by atoms with Crippen molar-refractivity contribution in [2.75, 3.05) is 18.5 Å². The SMILES string of the molecule is CC(C)(CC(=O)O)CC(=O)Nc1cc(Cl)ccc1OCC1CCCO1. The molecule has 0 radical (unpaired) electrons. The smallest absolute Gasteiger partial charge is 0.303 e. The fourth-order valence-electron chi connectivity index (χ4n) is 2.79. The minimum atomic E-state index is -0.929. The lowest BCUT2D eigenvalue weighted by atomic mass is 9.85. The van der Waals surface area contributed by atoms with Gasteiger partial charge in [0.25, 0.3) is 0 Å². The van der Waals surface area contributed by atoms with E-state index in [0.29, 0.717) is 23.1 Å². The van der Waals surface area contributed by atoms with E-state index in [4.69, 9.17) is 26.2 Å². The standard InChI is InChI=1S/C18H24ClNO5/c1-18(2,10-17(22)23)9-16(21)20-14-8-12(19)5-6-15(14)25-11-13-4-3-7-24-13/h5-6,8,13H,3-4,7,9-11H2,1-2H3,(H,20,21)(H,22,23). The summed E-state index contributed by atoms with van der Waals surface area (Å²) in [5.41, 5.74) is -0.172. The van der Waals surface area contributed by atoms with Gasteiger partial charge in [-0.05, 0) is 36.5 Å². The molecule has 1 saturated heterocycles. The summed E-state index contributed by atoms with van der Waals surface area (Å²) >= 11 is 6.02. The molecule has 0 bridgehead atoms. The van der Waals surface area contributed by atoms with Gasteiger partial charge < -0.3 is 19.9 Å². The molecule has 1 unspecified atom stereocenters. The highest BCUT2D eigenvalue weighted by atomic mass is 35.5. The van der Waals surface area contributed by atoms with Crippen molar-refractivity contribution in [2.45, 2.75) is 45.6 Å². The third-order valence-corrected chi connectivity index (χ3v) is 4.17. The monoisotopic (exact) mass is 369 g/mol. The molecule has 0 spiro atoms. The van der Waals surface area contributed by atoms with Gasteiger partial charge in [0.2, 0.25) is 5.91 Å². The second-order valence-corrected chi connectivity index (χ2v) is 7.48. The average Bonchev–Trinajstić information content (AvgIpc) is 2.97. The normalized spacial score (nSPS) is 17.3. The molecule has 1 fully saturated rings. The molecule has 1 aromatic rings. The van der Waals surface area contributed by atoms with Gasteiger partial charge in [-0.3, -0.25) is 9.59 Å². The number of rotatable bonds is 8. The topological polar surface area (TPSA) is 84.9 Å². The Balaban J connectivity index is 2.00. The number of benzene rings is 1. The Kier molecular flexibility index (Phi) is 6.67. The van der Waals surface area contributed by atoms with Crippen LogP contribution in [0.3, 0.4) is 0 Å². The van der Waals surface area contributed by atoms with Crippen LogP contribution in [0.2, 0.25) is 5.02 Å². The summed E-state index contributed by atoms with van der Waals surface area (Å²) < 4.78 is 11.3. The number of nitrogens with one attached hydrogen (secondary N) is 1. The van der Waals surface area contributed by atoms with Gasteiger partial charge in [-0.25, -0.2) is 0 Å². The Morgan fingerprint density at radius 2 is 2.16 bits per heavy atom. The number of ether oxygens (including phenoxy) is 2. The molecule has 1 amide bonds. The maximum atomic E-state index is 12.3. The fraction of sp³-hybridized carbons (Fsp3) is 0.556. The summed E-state index contributed by atoms with van der Waals surface area (Å²) in [6.07, 6.45) is 2.04. The van der Waals surface area contributed by atoms with Crippen LogP contribution in [0.25, 0.3) is 0 Å². The van der Waals surface area contributed by atoms with E-state index in [9.17, 15) is 9.59 Å². The summed E-state index contributed by atoms with van der Waals surface area (Å²) in [6, 6.07) is 5.01. The molecule has 0 saturated carbocycles. The number of carboxylic acids is 1. The largest absolute Gasteiger partial charge is 0.489 e. The summed E-state index contributed by atoms with van der Waals surface area (Å²) in [5.74, 6) is -0.694. The molecule has 1 heterocycles. The van der Waals surface area contributed by atoms with E-state index in [0.717, 1.165) is 19.4 Å². The van der Waals surface area contributed by atoms with Crippen LogP contribution in [-0.2, 0) is 14.3 Å². The van der Waals surface area contributed by atoms with Crippen LogP contribution in [0, 0.1) is 5.41 Å². The molecule has 6 nitrogen and oxygen atoms in total. The number of hydrogen-bond donors (Lipinski definition) is 2. The zero-order chi connectivity index (χ0) is 18.4. The fourth-order valence-corrected chi connectivity index (χ4v) is 2.96. The van der Waals surface area contributed by atoms with Crippen molar-refractivity contribution in [3.8, 4) is 5.75 Å². The van der Waals surface area contributed by atoms with E-state index < -0.39 is 11.4 Å². The van der Waals surface area contributed by atoms with Crippen molar-refractivity contribution in [1.29, 1.82) is 0 Å². The van der Waals surface area contributed by atoms with Crippen LogP contribution < -0.4 is 10.1 Å². The molecular formula is C18H24ClNO5. The van der Waals surface area contributed by atoms with Crippen molar-refractivity contribution in [3.05, 3.63) is 23.2 Å². The lowest BCUT2D eigenvalue weighted by Crippen LogP contribution is -2.25. The lowest BCUT2D eigenvalue weighted by molar-refractivity contribution is -0.139. The Morgan fingerprint density at radius 1 is 1.40 bits per heavy atom. The quantitative estimate of drug-likeness (QED) is 0.729. The van der Waals surface area contributed by atoms with Gasteiger partial charge in [-0.1, -0.05) is 25.4 Å². The molecule has 1 atom stereocenters. The zero-order valence-corrected chi connectivity index (χ0v) is 15.3. The molecule has 25 heavy (non-hydrogen) atoms. The molecule has 1 aliphatic rings. The maximum absolute atomic E-state index is 12.3. The van der Waals surface area contributed by atoms with Crippen LogP contribution in [-0.4, -0.2) is 36.3 Å². The molecule has 2 N–H and O–H groups in total. The Hall–Kier alpha value is -1.79. The maximum Gasteiger partial charge on any atom is 0.303 e. The number of carbonyl (C=O) groups excluding carboxylic acids is 1. The van der Waals surface area contributed by atoms with E-state index in [1.165, 1.54) is 0 Å². The van der Waals surface area contributed by atoms with Gasteiger partial charge in [0, 0.05) is 18.1 Å². The van der Waals surface area contributed by atoms with Crippen molar-refractivity contribution >= 4 is 29.2 Å². The molecule has 2 rings (SSSR count). The molecule has 0 aliphatic carbocycles. The van der Waals surface area contributed by atoms with Crippen LogP contribution in [0.15, 0.2) is 18.2 Å². The second-order valence-electron chi connectivity index (χ2n) is 7.05. The van der Waals surface area contributed by atoms with Crippen LogP contribution in [0.4, 0.5) is 5.69 Å². The lowest BCUT2D eigenvalue weighted by Gasteiger charge is -2.22. The van der Waals surface area contributed by atoms with E-state index in [2.05, 4.69) is 5.32 Å². The summed E-state index contributed by atoms with van der Waals surface area (Å²) in [5, 5.41) is 12.2. The number of anilines is 1. The van der Waals surface area contributed by atoms with Gasteiger partial charge in [0.15, 0.2) is 0 Å². The highest BCUT2D eigenvalue weighted by molar-refractivity contribution is 6.31. The second kappa shape index (κ2) is 8.54. The minimum absolute atomic E-state index is 0.0636. The molecule has 1 aromatic carbocycles. The van der Waals surface area contributed by atoms with Gasteiger partial charge >= 0.3 is 5.97 Å². The number of carbonyl (C=O) groups is 2. The van der Waals surface area contributed by atoms with Crippen molar-refractivity contribution in [2.24, 2.45) is 5.41 Å². The number of halogens is 1. The van der Waals surface area contributed by atoms with Crippen LogP contribution in [0.5, 0.6) is 5.75 Å². The molecule has 138 valence electrons. The summed E-state index contributed by atoms with van der Waals surface area (Å²) in [6.45, 7) is 4.65. The first-order valence-electron chi connectivity index (χ1n) is 8.31. The van der Waals surface area contributed by atoms with Gasteiger partial charge in [0.1, 0.15) is 12.4 Å². The van der Waals surface area contributed by atoms with Crippen molar-refractivity contribution in [1.82, 2.24) is 0 Å². The number of amides is 1. The Labute approximate surface area is 152 Å². The Morgan fingerprint density at radius 3 is 2.80 bits per heavy atom. The predicted octanol–water partition coefficient (Wildman–Crippen LogP) is 3.73. The number of carboxylic acid groups (broad SMARTS) is 1. The van der Waals surface area contributed by atoms with Crippen LogP contribution in [0.1, 0.15) is 39.5 Å². The van der Waals surface area contributed by atoms with Crippen LogP contribution >= 0.6 is 11.6 Å². The zero-order valence-electron chi connectivity index (χ0n) is 14.5. The molecule has 7 heteroatoms. The van der Waals surface area contributed by atoms with Gasteiger partial charge in [-0.15, -0.1) is 0 Å². The first-order chi connectivity index (χ1) is 11.7. The highest BCUT2D eigenvalue weighted by Gasteiger charge is 2.26. The van der Waals surface area contributed by atoms with Crippen molar-refractivity contribution < 1.29 is 24.2 Å². The summed E-state index contributed by atoms with van der Waals surface area (Å²) in [4.78, 5) is 23.2. The minimum Gasteiger partial charge on any atom is -0.489 e. The highest BCUT2D eigenvalue weighted by Crippen LogP contribution is 2.31. The molecule has 1 aliphatic heterocycles. The van der Waals surface area contributed by atoms with Gasteiger partial charge in [0.05, 0.1) is 18.2 Å². The third kappa shape index (κ3) is 6.55. The Bertz CT molecular complexity index is 626. The first-order valence-corrected chi connectivity index (χ1v) is 8.68. The van der Waals surface area contributed by atoms with E-state index in [1.54, 1.807) is 32.0 Å². The molecule has 0 aromatic heterocycles. The third-order valence-electron chi connectivity index (χ3n) is 3.93. The predicted molar refractivity (Wildman–Crippen MR) is 95.2 cm³/mol. The number of aliphatic carboxylic acids is 1. The average molecular weight is 370 g/mol. The molecular weight excluding hydrogens is 346 g/mol. The van der Waals surface area contributed by atoms with E-state index >= 15 is 0 Å². The summed E-state index contributed by atoms with van der Waals surface area (Å²) in [7, 11) is 0. The first kappa shape index (κ1) is 19.5. The van der Waals surface area contributed by atoms with E-state index in [1.807, 2.05) is 0 Å². The van der Waals surface area contributed by atoms with Crippen molar-refractivity contribution in [3.63, 3.8) is 0 Å². The van der Waals surface area contributed by atoms with Gasteiger partial charge in [-0.2, -0.15) is 0 Å².